The summed E-state index contributed by atoms with van der Waals surface area (Å²) in [7, 11) is 1.96. The van der Waals surface area contributed by atoms with Gasteiger partial charge in [0.15, 0.2) is 0 Å². The van der Waals surface area contributed by atoms with Gasteiger partial charge in [-0.05, 0) is 39.2 Å². The highest BCUT2D eigenvalue weighted by molar-refractivity contribution is 5.80. The van der Waals surface area contributed by atoms with Crippen LogP contribution in [0, 0.1) is 0 Å². The third-order valence-electron chi connectivity index (χ3n) is 4.67. The van der Waals surface area contributed by atoms with Crippen molar-refractivity contribution in [3.8, 4) is 0 Å². The maximum Gasteiger partial charge on any atom is 0.146 e. The molecule has 0 radical (unpaired) electrons. The third-order valence-corrected chi connectivity index (χ3v) is 4.67. The number of hydrogen-bond donors (Lipinski definition) is 1. The van der Waals surface area contributed by atoms with Gasteiger partial charge in [-0.25, -0.2) is 0 Å². The lowest BCUT2D eigenvalue weighted by molar-refractivity contribution is -0.120. The van der Waals surface area contributed by atoms with Gasteiger partial charge in [0.2, 0.25) is 0 Å². The smallest absolute Gasteiger partial charge is 0.146 e. The van der Waals surface area contributed by atoms with Gasteiger partial charge >= 0.3 is 0 Å². The predicted octanol–water partition coefficient (Wildman–Crippen LogP) is 5.48. The molecule has 0 aromatic carbocycles. The van der Waals surface area contributed by atoms with Crippen molar-refractivity contribution < 1.29 is 4.79 Å². The zero-order valence-corrected chi connectivity index (χ0v) is 17.1. The summed E-state index contributed by atoms with van der Waals surface area (Å²) in [5.74, 6) is 0.355. The predicted molar refractivity (Wildman–Crippen MR) is 111 cm³/mol. The summed E-state index contributed by atoms with van der Waals surface area (Å²) in [6, 6.07) is 0. The Bertz CT molecular complexity index is 315. The average molecular weight is 353 g/mol. The molecule has 0 heterocycles. The van der Waals surface area contributed by atoms with Crippen molar-refractivity contribution in [1.29, 1.82) is 0 Å². The SMILES string of the molecule is CCCCCCCC/C=C\CCCCCCCC(=O)CN(C)CCN. The van der Waals surface area contributed by atoms with E-state index in [0.717, 1.165) is 19.4 Å². The average Bonchev–Trinajstić information content (AvgIpc) is 2.58. The van der Waals surface area contributed by atoms with E-state index in [-0.39, 0.29) is 0 Å². The van der Waals surface area contributed by atoms with E-state index in [9.17, 15) is 4.79 Å². The Hall–Kier alpha value is -0.670. The van der Waals surface area contributed by atoms with E-state index in [0.29, 0.717) is 18.9 Å². The largest absolute Gasteiger partial charge is 0.329 e. The number of carbonyl (C=O) groups is 1. The van der Waals surface area contributed by atoms with Crippen LogP contribution in [-0.4, -0.2) is 37.4 Å². The summed E-state index contributed by atoms with van der Waals surface area (Å²) < 4.78 is 0. The number of rotatable bonds is 19. The third kappa shape index (κ3) is 19.5. The van der Waals surface area contributed by atoms with Crippen LogP contribution in [0.3, 0.4) is 0 Å². The van der Waals surface area contributed by atoms with Crippen LogP contribution < -0.4 is 5.73 Å². The first kappa shape index (κ1) is 24.3. The molecule has 0 aliphatic heterocycles. The van der Waals surface area contributed by atoms with Crippen molar-refractivity contribution in [3.05, 3.63) is 12.2 Å². The first-order chi connectivity index (χ1) is 12.2. The summed E-state index contributed by atoms with van der Waals surface area (Å²) in [5, 5.41) is 0. The van der Waals surface area contributed by atoms with Crippen molar-refractivity contribution >= 4 is 5.78 Å². The van der Waals surface area contributed by atoms with Crippen molar-refractivity contribution in [3.63, 3.8) is 0 Å². The Labute approximate surface area is 157 Å². The molecule has 3 nitrogen and oxygen atoms in total. The summed E-state index contributed by atoms with van der Waals surface area (Å²) in [4.78, 5) is 13.8. The Morgan fingerprint density at radius 2 is 1.36 bits per heavy atom. The maximum absolute atomic E-state index is 11.8. The molecular weight excluding hydrogens is 308 g/mol. The summed E-state index contributed by atoms with van der Waals surface area (Å²) >= 11 is 0. The van der Waals surface area contributed by atoms with Gasteiger partial charge in [0.25, 0.3) is 0 Å². The molecule has 0 amide bonds. The van der Waals surface area contributed by atoms with Crippen LogP contribution in [0.25, 0.3) is 0 Å². The molecule has 0 spiro atoms. The molecule has 148 valence electrons. The molecule has 0 rings (SSSR count). The fourth-order valence-electron chi connectivity index (χ4n) is 3.07. The lowest BCUT2D eigenvalue weighted by Gasteiger charge is -2.13. The van der Waals surface area contributed by atoms with Gasteiger partial charge in [0.1, 0.15) is 5.78 Å². The number of carbonyl (C=O) groups excluding carboxylic acids is 1. The molecule has 0 aromatic rings. The monoisotopic (exact) mass is 352 g/mol. The number of unbranched alkanes of at least 4 members (excludes halogenated alkanes) is 11. The summed E-state index contributed by atoms with van der Waals surface area (Å²) in [6.45, 7) is 4.25. The highest BCUT2D eigenvalue weighted by Gasteiger charge is 2.05. The van der Waals surface area contributed by atoms with E-state index in [4.69, 9.17) is 5.73 Å². The molecule has 0 atom stereocenters. The summed E-state index contributed by atoms with van der Waals surface area (Å²) in [6.07, 6.45) is 22.3. The first-order valence-corrected chi connectivity index (χ1v) is 10.8. The number of allylic oxidation sites excluding steroid dienone is 2. The quantitative estimate of drug-likeness (QED) is 0.247. The lowest BCUT2D eigenvalue weighted by Crippen LogP contribution is -2.30. The topological polar surface area (TPSA) is 46.3 Å². The molecule has 0 fully saturated rings. The molecule has 2 N–H and O–H groups in total. The fraction of sp³-hybridized carbons (Fsp3) is 0.864. The zero-order chi connectivity index (χ0) is 18.6. The van der Waals surface area contributed by atoms with Crippen molar-refractivity contribution in [2.45, 2.75) is 96.8 Å². The molecule has 25 heavy (non-hydrogen) atoms. The molecule has 0 bridgehead atoms. The Morgan fingerprint density at radius 3 is 1.92 bits per heavy atom. The van der Waals surface area contributed by atoms with Gasteiger partial charge < -0.3 is 5.73 Å². The van der Waals surface area contributed by atoms with Gasteiger partial charge in [-0.2, -0.15) is 0 Å². The molecule has 0 saturated carbocycles. The van der Waals surface area contributed by atoms with Crippen LogP contribution in [0.4, 0.5) is 0 Å². The number of nitrogens with zero attached hydrogens (tertiary/aromatic N) is 1. The Morgan fingerprint density at radius 1 is 0.840 bits per heavy atom. The van der Waals surface area contributed by atoms with Crippen LogP contribution in [0.15, 0.2) is 12.2 Å². The number of Topliss-reactive ketones (excluding diaryl/α,β-unsaturated/α-hetero) is 1. The molecule has 0 saturated heterocycles. The molecule has 0 unspecified atom stereocenters. The Balaban J connectivity index is 3.25. The highest BCUT2D eigenvalue weighted by Crippen LogP contribution is 2.10. The standard InChI is InChI=1S/C22H44N2O/c1-3-4-5-6-7-8-9-10-11-12-13-14-15-16-17-18-22(25)21-24(2)20-19-23/h10-11H,3-9,12-21,23H2,1-2H3/b11-10-. The minimum absolute atomic E-state index is 0.355. The van der Waals surface area contributed by atoms with E-state index in [1.54, 1.807) is 0 Å². The van der Waals surface area contributed by atoms with Gasteiger partial charge in [0, 0.05) is 19.5 Å². The van der Waals surface area contributed by atoms with Crippen molar-refractivity contribution in [2.24, 2.45) is 5.73 Å². The number of likely N-dealkylation sites (N-methyl/N-ethyl adjacent to an activating group) is 1. The number of nitrogens with two attached hydrogens (primary N) is 1. The van der Waals surface area contributed by atoms with Crippen LogP contribution >= 0.6 is 0 Å². The van der Waals surface area contributed by atoms with Crippen LogP contribution in [-0.2, 0) is 4.79 Å². The fourth-order valence-corrected chi connectivity index (χ4v) is 3.07. The van der Waals surface area contributed by atoms with E-state index >= 15 is 0 Å². The van der Waals surface area contributed by atoms with Crippen LogP contribution in [0.2, 0.25) is 0 Å². The van der Waals surface area contributed by atoms with Gasteiger partial charge in [-0.3, -0.25) is 9.69 Å². The minimum Gasteiger partial charge on any atom is -0.329 e. The second-order valence-electron chi connectivity index (χ2n) is 7.40. The van der Waals surface area contributed by atoms with E-state index < -0.39 is 0 Å². The minimum atomic E-state index is 0.355. The molecule has 3 heteroatoms. The van der Waals surface area contributed by atoms with Crippen LogP contribution in [0.5, 0.6) is 0 Å². The molecule has 0 aromatic heterocycles. The normalized spacial score (nSPS) is 11.7. The molecular formula is C22H44N2O. The molecule has 0 aliphatic rings. The zero-order valence-electron chi connectivity index (χ0n) is 17.1. The van der Waals surface area contributed by atoms with Crippen molar-refractivity contribution in [1.82, 2.24) is 4.90 Å². The van der Waals surface area contributed by atoms with Gasteiger partial charge in [-0.1, -0.05) is 70.4 Å². The van der Waals surface area contributed by atoms with Gasteiger partial charge in [0.05, 0.1) is 6.54 Å². The van der Waals surface area contributed by atoms with Crippen molar-refractivity contribution in [2.75, 3.05) is 26.7 Å². The van der Waals surface area contributed by atoms with Crippen LogP contribution in [0.1, 0.15) is 96.8 Å². The lowest BCUT2D eigenvalue weighted by atomic mass is 10.1. The van der Waals surface area contributed by atoms with E-state index in [2.05, 4.69) is 19.1 Å². The van der Waals surface area contributed by atoms with E-state index in [1.807, 2.05) is 11.9 Å². The number of ketones is 1. The summed E-state index contributed by atoms with van der Waals surface area (Å²) in [5.41, 5.74) is 5.48. The highest BCUT2D eigenvalue weighted by atomic mass is 16.1. The van der Waals surface area contributed by atoms with E-state index in [1.165, 1.54) is 77.0 Å². The second-order valence-corrected chi connectivity index (χ2v) is 7.40. The Kier molecular flexibility index (Phi) is 19.1. The number of hydrogen-bond acceptors (Lipinski definition) is 3. The first-order valence-electron chi connectivity index (χ1n) is 10.8. The molecule has 0 aliphatic carbocycles. The maximum atomic E-state index is 11.8. The second kappa shape index (κ2) is 19.7. The van der Waals surface area contributed by atoms with Gasteiger partial charge in [-0.15, -0.1) is 0 Å².